The SMILES string of the molecule is CC(Oc1ccccc1F)C(=O)NNC(=O)CCCNC(=O)OCc1ccccc1. The molecule has 0 aliphatic rings. The predicted octanol–water partition coefficient (Wildman–Crippen LogP) is 2.45. The zero-order valence-corrected chi connectivity index (χ0v) is 16.5. The highest BCUT2D eigenvalue weighted by atomic mass is 19.1. The molecule has 0 bridgehead atoms. The molecule has 0 aliphatic carbocycles. The highest BCUT2D eigenvalue weighted by Crippen LogP contribution is 2.16. The molecule has 0 saturated heterocycles. The largest absolute Gasteiger partial charge is 0.478 e. The Balaban J connectivity index is 1.56. The molecular formula is C21H24FN3O5. The number of benzene rings is 2. The normalized spacial score (nSPS) is 11.1. The van der Waals surface area contributed by atoms with Crippen molar-refractivity contribution in [3.8, 4) is 5.75 Å². The van der Waals surface area contributed by atoms with Crippen LogP contribution in [0.2, 0.25) is 0 Å². The molecule has 9 heteroatoms. The third-order valence-electron chi connectivity index (χ3n) is 3.90. The fraction of sp³-hybridized carbons (Fsp3) is 0.286. The van der Waals surface area contributed by atoms with Gasteiger partial charge < -0.3 is 14.8 Å². The van der Waals surface area contributed by atoms with Crippen molar-refractivity contribution in [1.82, 2.24) is 16.2 Å². The van der Waals surface area contributed by atoms with Crippen LogP contribution >= 0.6 is 0 Å². The van der Waals surface area contributed by atoms with Gasteiger partial charge in [-0.2, -0.15) is 0 Å². The van der Waals surface area contributed by atoms with E-state index in [0.29, 0.717) is 6.42 Å². The Morgan fingerprint density at radius 1 is 1.00 bits per heavy atom. The van der Waals surface area contributed by atoms with E-state index in [1.165, 1.54) is 25.1 Å². The zero-order chi connectivity index (χ0) is 21.8. The first-order valence-electron chi connectivity index (χ1n) is 9.40. The number of alkyl carbamates (subject to hydrolysis) is 1. The zero-order valence-electron chi connectivity index (χ0n) is 16.5. The third kappa shape index (κ3) is 8.17. The maximum Gasteiger partial charge on any atom is 0.407 e. The number of ether oxygens (including phenoxy) is 2. The molecule has 2 aromatic rings. The summed E-state index contributed by atoms with van der Waals surface area (Å²) in [6.45, 7) is 1.83. The van der Waals surface area contributed by atoms with Crippen LogP contribution < -0.4 is 20.9 Å². The Kier molecular flexibility index (Phi) is 9.11. The second-order valence-corrected chi connectivity index (χ2v) is 6.32. The summed E-state index contributed by atoms with van der Waals surface area (Å²) in [4.78, 5) is 35.3. The summed E-state index contributed by atoms with van der Waals surface area (Å²) in [5.74, 6) is -1.72. The molecule has 0 aromatic heterocycles. The lowest BCUT2D eigenvalue weighted by atomic mass is 10.2. The van der Waals surface area contributed by atoms with Crippen LogP contribution in [-0.2, 0) is 20.9 Å². The third-order valence-corrected chi connectivity index (χ3v) is 3.90. The molecule has 30 heavy (non-hydrogen) atoms. The summed E-state index contributed by atoms with van der Waals surface area (Å²) in [5, 5.41) is 2.54. The molecule has 3 amide bonds. The molecule has 0 spiro atoms. The summed E-state index contributed by atoms with van der Waals surface area (Å²) in [6, 6.07) is 14.9. The molecule has 2 rings (SSSR count). The van der Waals surface area contributed by atoms with E-state index < -0.39 is 29.8 Å². The number of carbonyl (C=O) groups is 3. The molecule has 8 nitrogen and oxygen atoms in total. The van der Waals surface area contributed by atoms with Gasteiger partial charge in [0.1, 0.15) is 6.61 Å². The fourth-order valence-electron chi connectivity index (χ4n) is 2.29. The molecule has 0 heterocycles. The van der Waals surface area contributed by atoms with Crippen molar-refractivity contribution in [3.05, 3.63) is 66.0 Å². The van der Waals surface area contributed by atoms with Crippen LogP contribution in [0.3, 0.4) is 0 Å². The molecule has 0 radical (unpaired) electrons. The summed E-state index contributed by atoms with van der Waals surface area (Å²) >= 11 is 0. The van der Waals surface area contributed by atoms with Gasteiger partial charge in [-0.3, -0.25) is 20.4 Å². The number of nitrogens with one attached hydrogen (secondary N) is 3. The molecular weight excluding hydrogens is 393 g/mol. The van der Waals surface area contributed by atoms with Gasteiger partial charge >= 0.3 is 6.09 Å². The van der Waals surface area contributed by atoms with Crippen molar-refractivity contribution in [3.63, 3.8) is 0 Å². The number of carbonyl (C=O) groups excluding carboxylic acids is 3. The van der Waals surface area contributed by atoms with Crippen molar-refractivity contribution in [2.75, 3.05) is 6.54 Å². The van der Waals surface area contributed by atoms with Crippen molar-refractivity contribution in [1.29, 1.82) is 0 Å². The van der Waals surface area contributed by atoms with E-state index in [9.17, 15) is 18.8 Å². The molecule has 1 atom stereocenters. The molecule has 0 fully saturated rings. The molecule has 0 saturated carbocycles. The van der Waals surface area contributed by atoms with Crippen LogP contribution in [0, 0.1) is 5.82 Å². The number of para-hydroxylation sites is 1. The lowest BCUT2D eigenvalue weighted by Crippen LogP contribution is -2.47. The summed E-state index contributed by atoms with van der Waals surface area (Å²) in [6.07, 6.45) is -1.17. The van der Waals surface area contributed by atoms with E-state index in [1.54, 1.807) is 6.07 Å². The van der Waals surface area contributed by atoms with Crippen LogP contribution in [0.25, 0.3) is 0 Å². The molecule has 3 N–H and O–H groups in total. The van der Waals surface area contributed by atoms with Crippen LogP contribution in [0.5, 0.6) is 5.75 Å². The number of halogens is 1. The molecule has 160 valence electrons. The smallest absolute Gasteiger partial charge is 0.407 e. The Labute approximate surface area is 173 Å². The van der Waals surface area contributed by atoms with Gasteiger partial charge in [-0.05, 0) is 31.0 Å². The Bertz CT molecular complexity index is 848. The van der Waals surface area contributed by atoms with E-state index in [-0.39, 0.29) is 25.3 Å². The second-order valence-electron chi connectivity index (χ2n) is 6.32. The van der Waals surface area contributed by atoms with Crippen molar-refractivity contribution >= 4 is 17.9 Å². The number of hydrazine groups is 1. The van der Waals surface area contributed by atoms with E-state index in [4.69, 9.17) is 9.47 Å². The van der Waals surface area contributed by atoms with Crippen LogP contribution in [0.15, 0.2) is 54.6 Å². The van der Waals surface area contributed by atoms with Gasteiger partial charge in [-0.25, -0.2) is 9.18 Å². The lowest BCUT2D eigenvalue weighted by molar-refractivity contribution is -0.132. The average Bonchev–Trinajstić information content (AvgIpc) is 2.75. The monoisotopic (exact) mass is 417 g/mol. The average molecular weight is 417 g/mol. The first-order valence-corrected chi connectivity index (χ1v) is 9.40. The van der Waals surface area contributed by atoms with Crippen LogP contribution in [0.4, 0.5) is 9.18 Å². The quantitative estimate of drug-likeness (QED) is 0.429. The van der Waals surface area contributed by atoms with Gasteiger partial charge in [-0.15, -0.1) is 0 Å². The Morgan fingerprint density at radius 3 is 2.43 bits per heavy atom. The standard InChI is InChI=1S/C21H24FN3O5/c1-15(30-18-11-6-5-10-17(18)22)20(27)25-24-19(26)12-7-13-23-21(28)29-14-16-8-3-2-4-9-16/h2-6,8-11,15H,7,12-14H2,1H3,(H,23,28)(H,24,26)(H,25,27). The van der Waals surface area contributed by atoms with E-state index >= 15 is 0 Å². The van der Waals surface area contributed by atoms with Gasteiger partial charge in [0.2, 0.25) is 5.91 Å². The minimum absolute atomic E-state index is 0.0586. The number of hydrogen-bond acceptors (Lipinski definition) is 5. The molecule has 0 aliphatic heterocycles. The summed E-state index contributed by atoms with van der Waals surface area (Å²) in [7, 11) is 0. The van der Waals surface area contributed by atoms with Crippen LogP contribution in [0.1, 0.15) is 25.3 Å². The maximum atomic E-state index is 13.5. The predicted molar refractivity (Wildman–Crippen MR) is 107 cm³/mol. The minimum atomic E-state index is -1.01. The first kappa shape index (κ1) is 22.7. The molecule has 2 aromatic carbocycles. The lowest BCUT2D eigenvalue weighted by Gasteiger charge is -2.15. The van der Waals surface area contributed by atoms with Crippen molar-refractivity contribution < 1.29 is 28.2 Å². The van der Waals surface area contributed by atoms with Crippen molar-refractivity contribution in [2.24, 2.45) is 0 Å². The second kappa shape index (κ2) is 12.1. The Morgan fingerprint density at radius 2 is 1.70 bits per heavy atom. The van der Waals surface area contributed by atoms with Crippen LogP contribution in [-0.4, -0.2) is 30.6 Å². The van der Waals surface area contributed by atoms with E-state index in [1.807, 2.05) is 30.3 Å². The van der Waals surface area contributed by atoms with E-state index in [0.717, 1.165) is 5.56 Å². The fourth-order valence-corrected chi connectivity index (χ4v) is 2.29. The minimum Gasteiger partial charge on any atom is -0.478 e. The highest BCUT2D eigenvalue weighted by Gasteiger charge is 2.17. The first-order chi connectivity index (χ1) is 14.5. The van der Waals surface area contributed by atoms with Gasteiger partial charge in [-0.1, -0.05) is 42.5 Å². The number of rotatable bonds is 9. The molecule has 1 unspecified atom stereocenters. The van der Waals surface area contributed by atoms with Gasteiger partial charge in [0.15, 0.2) is 17.7 Å². The number of amides is 3. The summed E-state index contributed by atoms with van der Waals surface area (Å²) in [5.41, 5.74) is 5.33. The number of hydrogen-bond donors (Lipinski definition) is 3. The Hall–Kier alpha value is -3.62. The van der Waals surface area contributed by atoms with Crippen molar-refractivity contribution in [2.45, 2.75) is 32.5 Å². The van der Waals surface area contributed by atoms with E-state index in [2.05, 4.69) is 16.2 Å². The van der Waals surface area contributed by atoms with Gasteiger partial charge in [0, 0.05) is 13.0 Å². The summed E-state index contributed by atoms with van der Waals surface area (Å²) < 4.78 is 23.8. The maximum absolute atomic E-state index is 13.5. The van der Waals surface area contributed by atoms with Gasteiger partial charge in [0.05, 0.1) is 0 Å². The topological polar surface area (TPSA) is 106 Å². The highest BCUT2D eigenvalue weighted by molar-refractivity contribution is 5.84. The van der Waals surface area contributed by atoms with Gasteiger partial charge in [0.25, 0.3) is 5.91 Å².